The Kier molecular flexibility index (Phi) is 4.40. The van der Waals surface area contributed by atoms with Crippen LogP contribution in [-0.2, 0) is 4.79 Å². The molecule has 1 unspecified atom stereocenters. The molecule has 0 amide bonds. The van der Waals surface area contributed by atoms with Crippen molar-refractivity contribution in [1.29, 1.82) is 0 Å². The van der Waals surface area contributed by atoms with E-state index in [0.717, 1.165) is 19.5 Å². The monoisotopic (exact) mass is 247 g/mol. The minimum absolute atomic E-state index is 0.205. The van der Waals surface area contributed by atoms with Crippen LogP contribution < -0.4 is 5.32 Å². The first kappa shape index (κ1) is 12.4. The highest BCUT2D eigenvalue weighted by molar-refractivity contribution is 8.14. The van der Waals surface area contributed by atoms with Crippen molar-refractivity contribution < 1.29 is 4.79 Å². The summed E-state index contributed by atoms with van der Waals surface area (Å²) in [5, 5.41) is 3.91. The van der Waals surface area contributed by atoms with E-state index in [2.05, 4.69) is 23.5 Å². The zero-order valence-corrected chi connectivity index (χ0v) is 10.8. The predicted octanol–water partition coefficient (Wildman–Crippen LogP) is 2.71. The van der Waals surface area contributed by atoms with Gasteiger partial charge >= 0.3 is 0 Å². The molecule has 17 heavy (non-hydrogen) atoms. The fraction of sp³-hybridized carbons (Fsp3) is 0.357. The lowest BCUT2D eigenvalue weighted by Gasteiger charge is -2.25. The Morgan fingerprint density at radius 3 is 2.88 bits per heavy atom. The molecule has 0 radical (unpaired) electrons. The molecule has 2 rings (SSSR count). The van der Waals surface area contributed by atoms with Crippen LogP contribution in [0.5, 0.6) is 0 Å². The molecule has 1 heterocycles. The summed E-state index contributed by atoms with van der Waals surface area (Å²) >= 11 is 1.46. The van der Waals surface area contributed by atoms with E-state index in [9.17, 15) is 4.79 Å². The van der Waals surface area contributed by atoms with Gasteiger partial charge in [-0.3, -0.25) is 4.79 Å². The van der Waals surface area contributed by atoms with Gasteiger partial charge in [-0.25, -0.2) is 0 Å². The first-order chi connectivity index (χ1) is 8.25. The van der Waals surface area contributed by atoms with Crippen molar-refractivity contribution in [3.05, 3.63) is 41.5 Å². The van der Waals surface area contributed by atoms with Crippen LogP contribution in [0.3, 0.4) is 0 Å². The highest BCUT2D eigenvalue weighted by Crippen LogP contribution is 2.26. The van der Waals surface area contributed by atoms with E-state index in [4.69, 9.17) is 0 Å². The van der Waals surface area contributed by atoms with Crippen molar-refractivity contribution in [2.75, 3.05) is 13.1 Å². The second-order valence-corrected chi connectivity index (χ2v) is 5.57. The van der Waals surface area contributed by atoms with Crippen LogP contribution in [0.25, 0.3) is 6.08 Å². The largest absolute Gasteiger partial charge is 0.313 e. The van der Waals surface area contributed by atoms with E-state index in [1.807, 2.05) is 18.2 Å². The maximum atomic E-state index is 11.2. The number of benzene rings is 1. The topological polar surface area (TPSA) is 29.1 Å². The van der Waals surface area contributed by atoms with Gasteiger partial charge in [0.05, 0.1) is 0 Å². The van der Waals surface area contributed by atoms with E-state index in [-0.39, 0.29) is 5.12 Å². The molecule has 1 N–H and O–H groups in total. The molecule has 0 saturated carbocycles. The number of carbonyl (C=O) groups excluding carboxylic acids is 1. The molecule has 0 bridgehead atoms. The van der Waals surface area contributed by atoms with Gasteiger partial charge in [0.1, 0.15) is 0 Å². The second kappa shape index (κ2) is 6.03. The Morgan fingerprint density at radius 2 is 2.18 bits per heavy atom. The van der Waals surface area contributed by atoms with Crippen LogP contribution in [0.4, 0.5) is 0 Å². The van der Waals surface area contributed by atoms with Gasteiger partial charge in [-0.2, -0.15) is 0 Å². The van der Waals surface area contributed by atoms with E-state index < -0.39 is 0 Å². The van der Waals surface area contributed by atoms with Gasteiger partial charge in [-0.15, -0.1) is 0 Å². The molecule has 1 saturated heterocycles. The van der Waals surface area contributed by atoms with E-state index >= 15 is 0 Å². The first-order valence-electron chi connectivity index (χ1n) is 5.89. The number of piperidine rings is 1. The van der Waals surface area contributed by atoms with Crippen molar-refractivity contribution in [2.24, 2.45) is 0 Å². The fourth-order valence-electron chi connectivity index (χ4n) is 2.01. The van der Waals surface area contributed by atoms with Crippen molar-refractivity contribution in [3.8, 4) is 0 Å². The molecular formula is C14H17NOS. The lowest BCUT2D eigenvalue weighted by atomic mass is 10.0. The van der Waals surface area contributed by atoms with Crippen LogP contribution in [-0.4, -0.2) is 23.5 Å². The summed E-state index contributed by atoms with van der Waals surface area (Å²) in [7, 11) is 0. The molecule has 1 atom stereocenters. The Labute approximate surface area is 106 Å². The highest BCUT2D eigenvalue weighted by atomic mass is 32.2. The minimum atomic E-state index is 0.205. The minimum Gasteiger partial charge on any atom is -0.313 e. The maximum Gasteiger partial charge on any atom is 0.186 e. The van der Waals surface area contributed by atoms with Gasteiger partial charge in [0, 0.05) is 18.7 Å². The lowest BCUT2D eigenvalue weighted by molar-refractivity contribution is -0.109. The number of rotatable bonds is 2. The number of nitrogens with one attached hydrogen (secondary N) is 1. The Bertz CT molecular complexity index is 413. The SMILES string of the molecule is CC(=O)SC1CCNC/C1=C/c1ccccc1. The maximum absolute atomic E-state index is 11.2. The molecular weight excluding hydrogens is 230 g/mol. The number of carbonyl (C=O) groups is 1. The van der Waals surface area contributed by atoms with Gasteiger partial charge in [-0.05, 0) is 24.1 Å². The summed E-state index contributed by atoms with van der Waals surface area (Å²) in [5.74, 6) is 0. The number of hydrogen-bond acceptors (Lipinski definition) is 3. The van der Waals surface area contributed by atoms with E-state index in [1.165, 1.54) is 22.9 Å². The normalized spacial score (nSPS) is 22.6. The summed E-state index contributed by atoms with van der Waals surface area (Å²) in [5.41, 5.74) is 2.53. The molecule has 2 nitrogen and oxygen atoms in total. The Hall–Kier alpha value is -1.06. The van der Waals surface area contributed by atoms with E-state index in [1.54, 1.807) is 6.92 Å². The molecule has 1 aliphatic heterocycles. The molecule has 0 spiro atoms. The van der Waals surface area contributed by atoms with Gasteiger partial charge in [0.15, 0.2) is 5.12 Å². The lowest BCUT2D eigenvalue weighted by Crippen LogP contribution is -2.32. The summed E-state index contributed by atoms with van der Waals surface area (Å²) in [6, 6.07) is 10.3. The summed E-state index contributed by atoms with van der Waals surface area (Å²) in [4.78, 5) is 11.2. The molecule has 1 aromatic rings. The van der Waals surface area contributed by atoms with Gasteiger partial charge < -0.3 is 5.32 Å². The standard InChI is InChI=1S/C14H17NOS/c1-11(16)17-14-7-8-15-10-13(14)9-12-5-3-2-4-6-12/h2-6,9,14-15H,7-8,10H2,1H3/b13-9-. The molecule has 1 fully saturated rings. The van der Waals surface area contributed by atoms with Crippen LogP contribution in [0.1, 0.15) is 18.9 Å². The van der Waals surface area contributed by atoms with Crippen molar-refractivity contribution >= 4 is 23.0 Å². The van der Waals surface area contributed by atoms with Gasteiger partial charge in [0.25, 0.3) is 0 Å². The summed E-state index contributed by atoms with van der Waals surface area (Å²) in [6.07, 6.45) is 3.23. The summed E-state index contributed by atoms with van der Waals surface area (Å²) in [6.45, 7) is 3.53. The van der Waals surface area contributed by atoms with Crippen LogP contribution >= 0.6 is 11.8 Å². The van der Waals surface area contributed by atoms with Crippen molar-refractivity contribution in [1.82, 2.24) is 5.32 Å². The van der Waals surface area contributed by atoms with Gasteiger partial charge in [-0.1, -0.05) is 48.2 Å². The molecule has 0 aliphatic carbocycles. The zero-order valence-electron chi connectivity index (χ0n) is 9.98. The van der Waals surface area contributed by atoms with Crippen molar-refractivity contribution in [3.63, 3.8) is 0 Å². The third-order valence-electron chi connectivity index (χ3n) is 2.79. The highest BCUT2D eigenvalue weighted by Gasteiger charge is 2.20. The molecule has 1 aliphatic rings. The van der Waals surface area contributed by atoms with Crippen LogP contribution in [0.15, 0.2) is 35.9 Å². The Morgan fingerprint density at radius 1 is 1.41 bits per heavy atom. The zero-order chi connectivity index (χ0) is 12.1. The average molecular weight is 247 g/mol. The van der Waals surface area contributed by atoms with Gasteiger partial charge in [0.2, 0.25) is 0 Å². The quantitative estimate of drug-likeness (QED) is 0.871. The summed E-state index contributed by atoms with van der Waals surface area (Å²) < 4.78 is 0. The third kappa shape index (κ3) is 3.72. The third-order valence-corrected chi connectivity index (χ3v) is 3.94. The molecule has 3 heteroatoms. The predicted molar refractivity (Wildman–Crippen MR) is 74.0 cm³/mol. The van der Waals surface area contributed by atoms with Crippen LogP contribution in [0, 0.1) is 0 Å². The molecule has 0 aromatic heterocycles. The van der Waals surface area contributed by atoms with Crippen molar-refractivity contribution in [2.45, 2.75) is 18.6 Å². The fourth-order valence-corrected chi connectivity index (χ4v) is 2.95. The number of thioether (sulfide) groups is 1. The molecule has 90 valence electrons. The molecule has 1 aromatic carbocycles. The smallest absolute Gasteiger partial charge is 0.186 e. The number of hydrogen-bond donors (Lipinski definition) is 1. The van der Waals surface area contributed by atoms with E-state index in [0.29, 0.717) is 5.25 Å². The Balaban J connectivity index is 2.16. The average Bonchev–Trinajstić information content (AvgIpc) is 2.32. The first-order valence-corrected chi connectivity index (χ1v) is 6.77. The second-order valence-electron chi connectivity index (χ2n) is 4.19. The van der Waals surface area contributed by atoms with Crippen LogP contribution in [0.2, 0.25) is 0 Å².